The van der Waals surface area contributed by atoms with Crippen LogP contribution >= 0.6 is 0 Å². The Hall–Kier alpha value is -3.35. The Morgan fingerprint density at radius 2 is 1.44 bits per heavy atom. The van der Waals surface area contributed by atoms with Crippen LogP contribution in [0.25, 0.3) is 0 Å². The Bertz CT molecular complexity index is 750. The molecule has 7 heteroatoms. The quantitative estimate of drug-likeness (QED) is 0.600. The lowest BCUT2D eigenvalue weighted by molar-refractivity contribution is 0.114. The van der Waals surface area contributed by atoms with Crippen molar-refractivity contribution in [3.8, 4) is 0 Å². The summed E-state index contributed by atoms with van der Waals surface area (Å²) in [5, 5.41) is 10.2. The van der Waals surface area contributed by atoms with E-state index in [9.17, 15) is 9.59 Å². The smallest absolute Gasteiger partial charge is 0.416 e. The minimum atomic E-state index is -0.825. The van der Waals surface area contributed by atoms with Gasteiger partial charge >= 0.3 is 12.2 Å². The summed E-state index contributed by atoms with van der Waals surface area (Å²) in [6.07, 6.45) is -1.21. The van der Waals surface area contributed by atoms with Crippen LogP contribution in [-0.2, 0) is 22.7 Å². The molecule has 0 aromatic heterocycles. The van der Waals surface area contributed by atoms with Crippen molar-refractivity contribution in [2.24, 2.45) is 0 Å². The monoisotopic (exact) mass is 368 g/mol. The Morgan fingerprint density at radius 1 is 0.926 bits per heavy atom. The summed E-state index contributed by atoms with van der Waals surface area (Å²) in [6.45, 7) is 3.94. The summed E-state index contributed by atoms with van der Waals surface area (Å²) in [5.41, 5.74) is 1.64. The summed E-state index contributed by atoms with van der Waals surface area (Å²) in [4.78, 5) is 25.1. The molecule has 0 atom stereocenters. The third kappa shape index (κ3) is 6.81. The fraction of sp³-hybridized carbons (Fsp3) is 0.200. The molecule has 0 saturated heterocycles. The summed E-state index contributed by atoms with van der Waals surface area (Å²) in [5.74, 6) is -0.422. The van der Waals surface area contributed by atoms with Crippen LogP contribution in [0.3, 0.4) is 0 Å². The number of guanidine groups is 1. The standard InChI is InChI=1S/C20H22N3O4/c1-2-13-23(20(25)27-15-17-11-7-4-8-12-17)18(21)22-19(24)26-14-16-9-5-3-6-10-16/h3-12H,1-2,13-15H2,(H2,21,22,24). The van der Waals surface area contributed by atoms with Gasteiger partial charge in [-0.25, -0.2) is 14.5 Å². The van der Waals surface area contributed by atoms with Gasteiger partial charge in [-0.2, -0.15) is 0 Å². The Morgan fingerprint density at radius 3 is 1.96 bits per heavy atom. The van der Waals surface area contributed by atoms with E-state index in [1.54, 1.807) is 0 Å². The van der Waals surface area contributed by atoms with Crippen LogP contribution in [0.4, 0.5) is 9.59 Å². The molecule has 0 fully saturated rings. The van der Waals surface area contributed by atoms with E-state index < -0.39 is 18.1 Å². The van der Waals surface area contributed by atoms with E-state index in [-0.39, 0.29) is 19.8 Å². The summed E-state index contributed by atoms with van der Waals surface area (Å²) in [7, 11) is 0. The van der Waals surface area contributed by atoms with Crippen LogP contribution in [0, 0.1) is 12.3 Å². The number of rotatable bonds is 6. The number of alkyl carbamates (subject to hydrolysis) is 1. The number of hydrogen-bond acceptors (Lipinski definition) is 5. The highest BCUT2D eigenvalue weighted by Gasteiger charge is 2.21. The first-order valence-corrected chi connectivity index (χ1v) is 8.44. The third-order valence-electron chi connectivity index (χ3n) is 3.51. The zero-order chi connectivity index (χ0) is 19.5. The van der Waals surface area contributed by atoms with Gasteiger partial charge < -0.3 is 9.47 Å². The molecule has 0 aliphatic heterocycles. The Labute approximate surface area is 158 Å². The fourth-order valence-electron chi connectivity index (χ4n) is 2.17. The number of hydrogen-bond donors (Lipinski definition) is 2. The number of nitrogens with zero attached hydrogens (tertiary/aromatic N) is 1. The minimum absolute atomic E-state index is 0.0632. The number of nitrogens with one attached hydrogen (secondary N) is 2. The molecule has 2 aromatic rings. The first-order chi connectivity index (χ1) is 13.1. The van der Waals surface area contributed by atoms with Crippen LogP contribution in [0.5, 0.6) is 0 Å². The highest BCUT2D eigenvalue weighted by atomic mass is 16.6. The van der Waals surface area contributed by atoms with Crippen molar-refractivity contribution in [3.05, 3.63) is 78.7 Å². The molecule has 1 radical (unpaired) electrons. The number of amides is 2. The van der Waals surface area contributed by atoms with Gasteiger partial charge in [0, 0.05) is 6.54 Å². The maximum atomic E-state index is 12.3. The molecule has 0 heterocycles. The summed E-state index contributed by atoms with van der Waals surface area (Å²) < 4.78 is 10.3. The predicted octanol–water partition coefficient (Wildman–Crippen LogP) is 3.71. The van der Waals surface area contributed by atoms with Crippen LogP contribution in [0.1, 0.15) is 17.5 Å². The summed E-state index contributed by atoms with van der Waals surface area (Å²) >= 11 is 0. The molecule has 0 aliphatic rings. The minimum Gasteiger partial charge on any atom is -0.444 e. The second-order valence-electron chi connectivity index (χ2n) is 5.58. The fourth-order valence-corrected chi connectivity index (χ4v) is 2.17. The maximum absolute atomic E-state index is 12.3. The average Bonchev–Trinajstić information content (AvgIpc) is 2.70. The molecular weight excluding hydrogens is 346 g/mol. The van der Waals surface area contributed by atoms with Gasteiger partial charge in [-0.3, -0.25) is 10.7 Å². The van der Waals surface area contributed by atoms with Gasteiger partial charge in [0.15, 0.2) is 0 Å². The molecule has 0 unspecified atom stereocenters. The molecule has 2 aromatic carbocycles. The third-order valence-corrected chi connectivity index (χ3v) is 3.51. The van der Waals surface area contributed by atoms with E-state index in [2.05, 4.69) is 12.2 Å². The second-order valence-corrected chi connectivity index (χ2v) is 5.58. The van der Waals surface area contributed by atoms with Gasteiger partial charge in [0.25, 0.3) is 0 Å². The number of carbonyl (C=O) groups is 2. The lowest BCUT2D eigenvalue weighted by atomic mass is 10.2. The van der Waals surface area contributed by atoms with Crippen LogP contribution in [0.2, 0.25) is 0 Å². The van der Waals surface area contributed by atoms with Crippen molar-refractivity contribution >= 4 is 18.1 Å². The van der Waals surface area contributed by atoms with Crippen LogP contribution < -0.4 is 5.32 Å². The van der Waals surface area contributed by atoms with Crippen molar-refractivity contribution < 1.29 is 19.1 Å². The normalized spacial score (nSPS) is 9.96. The molecule has 141 valence electrons. The summed E-state index contributed by atoms with van der Waals surface area (Å²) in [6, 6.07) is 18.3. The van der Waals surface area contributed by atoms with Crippen molar-refractivity contribution in [2.75, 3.05) is 6.54 Å². The lowest BCUT2D eigenvalue weighted by Gasteiger charge is -2.22. The van der Waals surface area contributed by atoms with Crippen LogP contribution in [-0.4, -0.2) is 29.6 Å². The number of carbonyl (C=O) groups excluding carboxylic acids is 2. The van der Waals surface area contributed by atoms with Gasteiger partial charge in [-0.15, -0.1) is 0 Å². The van der Waals surface area contributed by atoms with Gasteiger partial charge in [0.05, 0.1) is 0 Å². The van der Waals surface area contributed by atoms with Gasteiger partial charge in [0.2, 0.25) is 5.96 Å². The van der Waals surface area contributed by atoms with E-state index in [1.165, 1.54) is 0 Å². The van der Waals surface area contributed by atoms with Gasteiger partial charge in [-0.05, 0) is 17.5 Å². The zero-order valence-corrected chi connectivity index (χ0v) is 14.9. The van der Waals surface area contributed by atoms with Crippen molar-refractivity contribution in [1.82, 2.24) is 10.2 Å². The van der Waals surface area contributed by atoms with E-state index in [4.69, 9.17) is 14.9 Å². The molecule has 7 nitrogen and oxygen atoms in total. The van der Waals surface area contributed by atoms with Crippen molar-refractivity contribution in [3.63, 3.8) is 0 Å². The molecule has 0 bridgehead atoms. The molecule has 0 saturated carbocycles. The predicted molar refractivity (Wildman–Crippen MR) is 101 cm³/mol. The topological polar surface area (TPSA) is 91.7 Å². The Kier molecular flexibility index (Phi) is 7.84. The highest BCUT2D eigenvalue weighted by molar-refractivity contribution is 5.99. The molecule has 2 N–H and O–H groups in total. The van der Waals surface area contributed by atoms with Crippen LogP contribution in [0.15, 0.2) is 60.7 Å². The SMILES string of the molecule is [CH2]CCN(C(=N)NC(=O)OCc1ccccc1)C(=O)OCc1ccccc1. The molecule has 2 rings (SSSR count). The highest BCUT2D eigenvalue weighted by Crippen LogP contribution is 2.05. The second kappa shape index (κ2) is 10.6. The lowest BCUT2D eigenvalue weighted by Crippen LogP contribution is -2.47. The zero-order valence-electron chi connectivity index (χ0n) is 14.9. The average molecular weight is 368 g/mol. The molecule has 27 heavy (non-hydrogen) atoms. The van der Waals surface area contributed by atoms with Gasteiger partial charge in [0.1, 0.15) is 13.2 Å². The van der Waals surface area contributed by atoms with Crippen molar-refractivity contribution in [2.45, 2.75) is 19.6 Å². The largest absolute Gasteiger partial charge is 0.444 e. The van der Waals surface area contributed by atoms with E-state index in [1.807, 2.05) is 60.7 Å². The van der Waals surface area contributed by atoms with Gasteiger partial charge in [-0.1, -0.05) is 67.6 Å². The van der Waals surface area contributed by atoms with E-state index in [0.717, 1.165) is 16.0 Å². The van der Waals surface area contributed by atoms with E-state index in [0.29, 0.717) is 6.42 Å². The number of ether oxygens (including phenoxy) is 2. The molecular formula is C20H22N3O4. The number of benzene rings is 2. The first-order valence-electron chi connectivity index (χ1n) is 8.44. The van der Waals surface area contributed by atoms with Crippen molar-refractivity contribution in [1.29, 1.82) is 5.41 Å². The molecule has 0 spiro atoms. The Balaban J connectivity index is 1.85. The molecule has 0 aliphatic carbocycles. The first kappa shape index (κ1) is 20.0. The van der Waals surface area contributed by atoms with E-state index >= 15 is 0 Å². The maximum Gasteiger partial charge on any atom is 0.416 e. The molecule has 2 amide bonds.